The van der Waals surface area contributed by atoms with E-state index in [4.69, 9.17) is 9.84 Å². The normalized spacial score (nSPS) is 10.4. The number of aromatic nitrogens is 1. The molecular weight excluding hydrogens is 480 g/mol. The Bertz CT molecular complexity index is 1150. The van der Waals surface area contributed by atoms with Crippen LogP contribution in [0.2, 0.25) is 0 Å². The summed E-state index contributed by atoms with van der Waals surface area (Å²) in [5.41, 5.74) is 1.17. The average molecular weight is 493 g/mol. The molecule has 0 saturated carbocycles. The Kier molecular flexibility index (Phi) is 6.33. The van der Waals surface area contributed by atoms with E-state index >= 15 is 0 Å². The predicted molar refractivity (Wildman–Crippen MR) is 111 cm³/mol. The van der Waals surface area contributed by atoms with E-state index in [9.17, 15) is 24.7 Å². The third kappa shape index (κ3) is 4.75. The van der Waals surface area contributed by atoms with Gasteiger partial charge in [0.1, 0.15) is 5.56 Å². The van der Waals surface area contributed by atoms with Gasteiger partial charge in [-0.15, -0.1) is 11.3 Å². The Morgan fingerprint density at radius 1 is 1.20 bits per heavy atom. The summed E-state index contributed by atoms with van der Waals surface area (Å²) in [6.45, 7) is -0.693. The molecule has 30 heavy (non-hydrogen) atoms. The molecule has 0 radical (unpaired) electrons. The fraction of sp³-hybridized carbons (Fsp3) is 0.0526. The van der Waals surface area contributed by atoms with Gasteiger partial charge in [0, 0.05) is 11.8 Å². The molecule has 3 N–H and O–H groups in total. The summed E-state index contributed by atoms with van der Waals surface area (Å²) in [4.78, 5) is 35.0. The van der Waals surface area contributed by atoms with E-state index < -0.39 is 24.5 Å². The summed E-state index contributed by atoms with van der Waals surface area (Å²) in [6, 6.07) is 9.56. The van der Waals surface area contributed by atoms with Crippen molar-refractivity contribution in [3.05, 3.63) is 68.9 Å². The lowest BCUT2D eigenvalue weighted by molar-refractivity contribution is -0.605. The highest BCUT2D eigenvalue weighted by Crippen LogP contribution is 2.46. The average Bonchev–Trinajstić information content (AvgIpc) is 3.03. The summed E-state index contributed by atoms with van der Waals surface area (Å²) in [7, 11) is 0. The standard InChI is InChI=1S/C19H13BrN2O7S/c20-14-15(29-9-13(23)24)17(19(26)27)30-16(14)10-3-1-5-12(7-10)21-18(25)11-4-2-6-22(28)8-11/h1-8H,9H2,(H,21,25)(H,23,24)(H,26,27). The molecule has 0 saturated heterocycles. The summed E-state index contributed by atoms with van der Waals surface area (Å²) < 4.78 is 5.95. The van der Waals surface area contributed by atoms with Crippen molar-refractivity contribution in [3.8, 4) is 16.2 Å². The molecule has 3 aromatic rings. The van der Waals surface area contributed by atoms with Gasteiger partial charge in [-0.1, -0.05) is 12.1 Å². The SMILES string of the molecule is O=C(O)COc1c(C(=O)O)sc(-c2cccc(NC(=O)c3ccc[n+]([O-])c3)c2)c1Br. The van der Waals surface area contributed by atoms with Gasteiger partial charge in [0.2, 0.25) is 0 Å². The second-order valence-electron chi connectivity index (χ2n) is 5.88. The van der Waals surface area contributed by atoms with E-state index in [0.29, 0.717) is 25.3 Å². The van der Waals surface area contributed by atoms with Crippen molar-refractivity contribution in [2.24, 2.45) is 0 Å². The smallest absolute Gasteiger partial charge is 0.349 e. The maximum absolute atomic E-state index is 12.4. The largest absolute Gasteiger partial charge is 0.619 e. The van der Waals surface area contributed by atoms with E-state index in [1.54, 1.807) is 24.3 Å². The first kappa shape index (κ1) is 21.3. The second-order valence-corrected chi connectivity index (χ2v) is 7.69. The number of carboxylic acids is 2. The maximum atomic E-state index is 12.4. The minimum Gasteiger partial charge on any atom is -0.619 e. The molecule has 0 aliphatic heterocycles. The summed E-state index contributed by atoms with van der Waals surface area (Å²) in [5.74, 6) is -3.06. The zero-order valence-electron chi connectivity index (χ0n) is 15.0. The highest BCUT2D eigenvalue weighted by atomic mass is 79.9. The van der Waals surface area contributed by atoms with E-state index in [1.807, 2.05) is 0 Å². The number of hydrogen-bond acceptors (Lipinski definition) is 6. The Balaban J connectivity index is 1.92. The Hall–Kier alpha value is -3.44. The zero-order chi connectivity index (χ0) is 21.8. The molecule has 11 heteroatoms. The second kappa shape index (κ2) is 8.93. The van der Waals surface area contributed by atoms with Crippen LogP contribution in [0, 0.1) is 5.21 Å². The van der Waals surface area contributed by atoms with E-state index in [2.05, 4.69) is 21.2 Å². The van der Waals surface area contributed by atoms with Crippen LogP contribution in [0.25, 0.3) is 10.4 Å². The molecule has 2 heterocycles. The first-order valence-corrected chi connectivity index (χ1v) is 9.88. The number of thiophene rings is 1. The van der Waals surface area contributed by atoms with Crippen LogP contribution in [0.1, 0.15) is 20.0 Å². The predicted octanol–water partition coefficient (Wildman–Crippen LogP) is 3.22. The molecule has 0 atom stereocenters. The molecule has 3 rings (SSSR count). The van der Waals surface area contributed by atoms with Crippen LogP contribution in [-0.4, -0.2) is 34.7 Å². The molecule has 0 aliphatic carbocycles. The molecule has 0 unspecified atom stereocenters. The van der Waals surface area contributed by atoms with Gasteiger partial charge in [0.25, 0.3) is 5.91 Å². The van der Waals surface area contributed by atoms with Gasteiger partial charge in [-0.2, -0.15) is 4.73 Å². The van der Waals surface area contributed by atoms with E-state index in [-0.39, 0.29) is 16.2 Å². The van der Waals surface area contributed by atoms with Crippen LogP contribution >= 0.6 is 27.3 Å². The topological polar surface area (TPSA) is 140 Å². The van der Waals surface area contributed by atoms with Crippen molar-refractivity contribution in [2.75, 3.05) is 11.9 Å². The van der Waals surface area contributed by atoms with Crippen molar-refractivity contribution in [2.45, 2.75) is 0 Å². The quantitative estimate of drug-likeness (QED) is 0.339. The number of anilines is 1. The zero-order valence-corrected chi connectivity index (χ0v) is 17.4. The Morgan fingerprint density at radius 3 is 2.63 bits per heavy atom. The number of pyridine rings is 1. The lowest BCUT2D eigenvalue weighted by atomic mass is 10.1. The number of carbonyl (C=O) groups excluding carboxylic acids is 1. The van der Waals surface area contributed by atoms with Crippen LogP contribution in [0.5, 0.6) is 5.75 Å². The van der Waals surface area contributed by atoms with Gasteiger partial charge >= 0.3 is 11.9 Å². The monoisotopic (exact) mass is 492 g/mol. The first-order chi connectivity index (χ1) is 14.3. The van der Waals surface area contributed by atoms with Gasteiger partial charge < -0.3 is 25.5 Å². The number of aliphatic carboxylic acids is 1. The van der Waals surface area contributed by atoms with Crippen molar-refractivity contribution in [1.82, 2.24) is 0 Å². The van der Waals surface area contributed by atoms with Crippen molar-refractivity contribution in [1.29, 1.82) is 0 Å². The molecule has 154 valence electrons. The number of ether oxygens (including phenoxy) is 1. The van der Waals surface area contributed by atoms with Crippen LogP contribution in [0.3, 0.4) is 0 Å². The third-order valence-corrected chi connectivity index (χ3v) is 5.99. The Labute approximate surface area is 181 Å². The number of carboxylic acid groups (broad SMARTS) is 2. The number of nitrogens with one attached hydrogen (secondary N) is 1. The lowest BCUT2D eigenvalue weighted by Gasteiger charge is -2.07. The number of rotatable bonds is 7. The number of halogens is 1. The van der Waals surface area contributed by atoms with Gasteiger partial charge in [-0.3, -0.25) is 4.79 Å². The number of carbonyl (C=O) groups is 3. The van der Waals surface area contributed by atoms with E-state index in [1.165, 1.54) is 18.3 Å². The summed E-state index contributed by atoms with van der Waals surface area (Å²) >= 11 is 4.18. The third-order valence-electron chi connectivity index (χ3n) is 3.76. The number of amides is 1. The number of nitrogens with zero attached hydrogens (tertiary/aromatic N) is 1. The van der Waals surface area contributed by atoms with Gasteiger partial charge in [0.15, 0.2) is 29.6 Å². The van der Waals surface area contributed by atoms with Gasteiger partial charge in [0.05, 0.1) is 9.35 Å². The highest BCUT2D eigenvalue weighted by molar-refractivity contribution is 9.10. The summed E-state index contributed by atoms with van der Waals surface area (Å²) in [6.07, 6.45) is 2.40. The molecule has 2 aromatic heterocycles. The molecule has 0 aliphatic rings. The van der Waals surface area contributed by atoms with Crippen LogP contribution in [-0.2, 0) is 4.79 Å². The number of benzene rings is 1. The van der Waals surface area contributed by atoms with Crippen molar-refractivity contribution in [3.63, 3.8) is 0 Å². The number of hydrogen-bond donors (Lipinski definition) is 3. The molecule has 1 amide bonds. The molecule has 1 aromatic carbocycles. The fourth-order valence-electron chi connectivity index (χ4n) is 2.52. The van der Waals surface area contributed by atoms with Crippen molar-refractivity contribution < 1.29 is 34.1 Å². The van der Waals surface area contributed by atoms with Crippen molar-refractivity contribution >= 4 is 50.8 Å². The Morgan fingerprint density at radius 2 is 1.97 bits per heavy atom. The number of aromatic carboxylic acids is 1. The van der Waals surface area contributed by atoms with Crippen LogP contribution in [0.4, 0.5) is 5.69 Å². The van der Waals surface area contributed by atoms with Crippen LogP contribution in [0.15, 0.2) is 53.3 Å². The molecule has 0 fully saturated rings. The molecule has 9 nitrogen and oxygen atoms in total. The minimum atomic E-state index is -1.26. The van der Waals surface area contributed by atoms with Gasteiger partial charge in [-0.05, 0) is 39.7 Å². The molecule has 0 spiro atoms. The van der Waals surface area contributed by atoms with Gasteiger partial charge in [-0.25, -0.2) is 9.59 Å². The maximum Gasteiger partial charge on any atom is 0.349 e. The molecular formula is C19H13BrN2O7S. The van der Waals surface area contributed by atoms with E-state index in [0.717, 1.165) is 17.5 Å². The summed E-state index contributed by atoms with van der Waals surface area (Å²) in [5, 5.41) is 32.2. The lowest BCUT2D eigenvalue weighted by Crippen LogP contribution is -2.27. The fourth-order valence-corrected chi connectivity index (χ4v) is 4.40. The highest BCUT2D eigenvalue weighted by Gasteiger charge is 2.24. The van der Waals surface area contributed by atoms with Crippen LogP contribution < -0.4 is 14.8 Å². The first-order valence-electron chi connectivity index (χ1n) is 8.27. The minimum absolute atomic E-state index is 0.0800. The molecule has 0 bridgehead atoms.